The minimum Gasteiger partial charge on any atom is -0.356 e. The van der Waals surface area contributed by atoms with Gasteiger partial charge in [0.25, 0.3) is 5.91 Å². The van der Waals surface area contributed by atoms with E-state index in [-0.39, 0.29) is 41.9 Å². The SMILES string of the molecule is O=C(Cc1ccccc1Cl)N1CCN(S(=O)(=O)c2c[nH]c(C(=O)N3CCCC3)c2)CC1. The predicted octanol–water partition coefficient (Wildman–Crippen LogP) is 1.98. The number of aromatic amines is 1. The Morgan fingerprint density at radius 3 is 2.32 bits per heavy atom. The second-order valence-electron chi connectivity index (χ2n) is 7.80. The number of amides is 2. The number of hydrogen-bond acceptors (Lipinski definition) is 4. The first-order valence-corrected chi connectivity index (χ1v) is 12.2. The molecule has 0 saturated carbocycles. The maximum absolute atomic E-state index is 13.0. The Bertz CT molecular complexity index is 1070. The van der Waals surface area contributed by atoms with Gasteiger partial charge in [0, 0.05) is 50.5 Å². The van der Waals surface area contributed by atoms with Crippen LogP contribution in [-0.4, -0.2) is 78.6 Å². The number of sulfonamides is 1. The third-order valence-corrected chi connectivity index (χ3v) is 8.05. The number of carbonyl (C=O) groups is 2. The molecule has 0 unspecified atom stereocenters. The van der Waals surface area contributed by atoms with E-state index in [0.717, 1.165) is 18.4 Å². The smallest absolute Gasteiger partial charge is 0.270 e. The highest BCUT2D eigenvalue weighted by Crippen LogP contribution is 2.21. The third-order valence-electron chi connectivity index (χ3n) is 5.81. The van der Waals surface area contributed by atoms with E-state index in [9.17, 15) is 18.0 Å². The van der Waals surface area contributed by atoms with E-state index in [1.165, 1.54) is 16.6 Å². The van der Waals surface area contributed by atoms with E-state index >= 15 is 0 Å². The average Bonchev–Trinajstić information content (AvgIpc) is 3.48. The lowest BCUT2D eigenvalue weighted by Crippen LogP contribution is -2.50. The highest BCUT2D eigenvalue weighted by Gasteiger charge is 2.32. The summed E-state index contributed by atoms with van der Waals surface area (Å²) in [6.45, 7) is 2.43. The molecule has 1 aromatic carbocycles. The summed E-state index contributed by atoms with van der Waals surface area (Å²) in [6, 6.07) is 8.61. The summed E-state index contributed by atoms with van der Waals surface area (Å²) >= 11 is 6.14. The van der Waals surface area contributed by atoms with Crippen LogP contribution in [0.2, 0.25) is 5.02 Å². The second kappa shape index (κ2) is 9.02. The number of rotatable bonds is 5. The van der Waals surface area contributed by atoms with Crippen LogP contribution in [0.5, 0.6) is 0 Å². The van der Waals surface area contributed by atoms with Gasteiger partial charge < -0.3 is 14.8 Å². The Morgan fingerprint density at radius 1 is 0.968 bits per heavy atom. The molecule has 0 aliphatic carbocycles. The molecule has 0 bridgehead atoms. The number of aromatic nitrogens is 1. The first kappa shape index (κ1) is 21.9. The summed E-state index contributed by atoms with van der Waals surface area (Å²) in [5.41, 5.74) is 1.04. The summed E-state index contributed by atoms with van der Waals surface area (Å²) < 4.78 is 27.4. The third kappa shape index (κ3) is 4.63. The van der Waals surface area contributed by atoms with E-state index < -0.39 is 10.0 Å². The van der Waals surface area contributed by atoms with E-state index in [0.29, 0.717) is 31.2 Å². The fourth-order valence-corrected chi connectivity index (χ4v) is 5.60. The molecule has 2 saturated heterocycles. The van der Waals surface area contributed by atoms with Crippen LogP contribution in [0.4, 0.5) is 0 Å². The number of piperazine rings is 1. The number of H-pyrrole nitrogens is 1. The molecule has 0 atom stereocenters. The molecule has 0 radical (unpaired) electrons. The quantitative estimate of drug-likeness (QED) is 0.732. The van der Waals surface area contributed by atoms with Crippen LogP contribution in [0.15, 0.2) is 41.4 Å². The van der Waals surface area contributed by atoms with Crippen molar-refractivity contribution in [1.82, 2.24) is 19.1 Å². The van der Waals surface area contributed by atoms with Gasteiger partial charge in [0.15, 0.2) is 0 Å². The Hall–Kier alpha value is -2.36. The fraction of sp³-hybridized carbons (Fsp3) is 0.429. The summed E-state index contributed by atoms with van der Waals surface area (Å²) in [5.74, 6) is -0.251. The monoisotopic (exact) mass is 464 g/mol. The van der Waals surface area contributed by atoms with Crippen molar-refractivity contribution in [3.8, 4) is 0 Å². The molecule has 0 spiro atoms. The predicted molar refractivity (Wildman–Crippen MR) is 116 cm³/mol. The molecule has 2 aromatic rings. The Morgan fingerprint density at radius 2 is 1.65 bits per heavy atom. The van der Waals surface area contributed by atoms with Crippen LogP contribution >= 0.6 is 11.6 Å². The molecule has 166 valence electrons. The molecular formula is C21H25ClN4O4S. The standard InChI is InChI=1S/C21H25ClN4O4S/c22-18-6-2-1-5-16(18)13-20(27)24-9-11-26(12-10-24)31(29,30)17-14-19(23-15-17)21(28)25-7-3-4-8-25/h1-2,5-6,14-15,23H,3-4,7-13H2. The molecule has 4 rings (SSSR count). The van der Waals surface area contributed by atoms with Crippen molar-refractivity contribution >= 4 is 33.4 Å². The van der Waals surface area contributed by atoms with Gasteiger partial charge >= 0.3 is 0 Å². The Balaban J connectivity index is 1.37. The molecule has 2 fully saturated rings. The highest BCUT2D eigenvalue weighted by molar-refractivity contribution is 7.89. The van der Waals surface area contributed by atoms with E-state index in [4.69, 9.17) is 11.6 Å². The van der Waals surface area contributed by atoms with Crippen LogP contribution in [0.25, 0.3) is 0 Å². The van der Waals surface area contributed by atoms with Crippen LogP contribution in [0, 0.1) is 0 Å². The number of nitrogens with zero attached hydrogens (tertiary/aromatic N) is 3. The fourth-order valence-electron chi connectivity index (χ4n) is 3.98. The molecule has 31 heavy (non-hydrogen) atoms. The minimum absolute atomic E-state index is 0.0749. The lowest BCUT2D eigenvalue weighted by atomic mass is 10.1. The summed E-state index contributed by atoms with van der Waals surface area (Å²) in [6.07, 6.45) is 3.49. The molecular weight excluding hydrogens is 440 g/mol. The van der Waals surface area contributed by atoms with Gasteiger partial charge in [0.1, 0.15) is 10.6 Å². The van der Waals surface area contributed by atoms with Crippen molar-refractivity contribution in [3.05, 3.63) is 52.8 Å². The van der Waals surface area contributed by atoms with Crippen LogP contribution in [0.3, 0.4) is 0 Å². The number of likely N-dealkylation sites (tertiary alicyclic amines) is 1. The molecule has 1 aromatic heterocycles. The molecule has 3 heterocycles. The Labute approximate surface area is 186 Å². The van der Waals surface area contributed by atoms with Crippen molar-refractivity contribution in [1.29, 1.82) is 0 Å². The van der Waals surface area contributed by atoms with Gasteiger partial charge in [-0.2, -0.15) is 4.31 Å². The summed E-state index contributed by atoms with van der Waals surface area (Å²) in [7, 11) is -3.74. The second-order valence-corrected chi connectivity index (χ2v) is 10.1. The van der Waals surface area contributed by atoms with Gasteiger partial charge in [0.05, 0.1) is 6.42 Å². The van der Waals surface area contributed by atoms with Crippen molar-refractivity contribution in [2.75, 3.05) is 39.3 Å². The minimum atomic E-state index is -3.74. The van der Waals surface area contributed by atoms with Crippen molar-refractivity contribution in [2.24, 2.45) is 0 Å². The molecule has 2 aliphatic heterocycles. The number of carbonyl (C=O) groups excluding carboxylic acids is 2. The van der Waals surface area contributed by atoms with Crippen LogP contribution in [-0.2, 0) is 21.2 Å². The maximum atomic E-state index is 13.0. The number of benzene rings is 1. The van der Waals surface area contributed by atoms with Gasteiger partial charge in [-0.3, -0.25) is 9.59 Å². The lowest BCUT2D eigenvalue weighted by molar-refractivity contribution is -0.131. The number of halogens is 1. The lowest BCUT2D eigenvalue weighted by Gasteiger charge is -2.34. The van der Waals surface area contributed by atoms with E-state index in [1.807, 2.05) is 18.2 Å². The van der Waals surface area contributed by atoms with Gasteiger partial charge in [-0.1, -0.05) is 29.8 Å². The van der Waals surface area contributed by atoms with Crippen molar-refractivity contribution < 1.29 is 18.0 Å². The molecule has 2 aliphatic rings. The largest absolute Gasteiger partial charge is 0.356 e. The zero-order chi connectivity index (χ0) is 22.0. The average molecular weight is 465 g/mol. The number of nitrogens with one attached hydrogen (secondary N) is 1. The highest BCUT2D eigenvalue weighted by atomic mass is 35.5. The van der Waals surface area contributed by atoms with Gasteiger partial charge in [-0.25, -0.2) is 8.42 Å². The first-order valence-electron chi connectivity index (χ1n) is 10.4. The summed E-state index contributed by atoms with van der Waals surface area (Å²) in [4.78, 5) is 31.4. The topological polar surface area (TPSA) is 93.8 Å². The van der Waals surface area contributed by atoms with Crippen LogP contribution < -0.4 is 0 Å². The van der Waals surface area contributed by atoms with E-state index in [1.54, 1.807) is 15.9 Å². The molecule has 2 amide bonds. The van der Waals surface area contributed by atoms with Gasteiger partial charge in [-0.15, -0.1) is 0 Å². The summed E-state index contributed by atoms with van der Waals surface area (Å²) in [5, 5.41) is 0.545. The first-order chi connectivity index (χ1) is 14.9. The zero-order valence-corrected chi connectivity index (χ0v) is 18.7. The Kier molecular flexibility index (Phi) is 6.36. The van der Waals surface area contributed by atoms with Crippen molar-refractivity contribution in [3.63, 3.8) is 0 Å². The molecule has 8 nitrogen and oxygen atoms in total. The number of hydrogen-bond donors (Lipinski definition) is 1. The van der Waals surface area contributed by atoms with Crippen LogP contribution in [0.1, 0.15) is 28.9 Å². The van der Waals surface area contributed by atoms with Gasteiger partial charge in [0.2, 0.25) is 15.9 Å². The maximum Gasteiger partial charge on any atom is 0.270 e. The van der Waals surface area contributed by atoms with Gasteiger partial charge in [-0.05, 0) is 30.5 Å². The van der Waals surface area contributed by atoms with E-state index in [2.05, 4.69) is 4.98 Å². The molecule has 10 heteroatoms. The molecule has 1 N–H and O–H groups in total. The van der Waals surface area contributed by atoms with Crippen molar-refractivity contribution in [2.45, 2.75) is 24.2 Å². The normalized spacial score (nSPS) is 17.8. The zero-order valence-electron chi connectivity index (χ0n) is 17.1.